The molecule has 1 aromatic heterocycles. The fourth-order valence-corrected chi connectivity index (χ4v) is 2.09. The van der Waals surface area contributed by atoms with Gasteiger partial charge >= 0.3 is 0 Å². The molecule has 17 heavy (non-hydrogen) atoms. The second-order valence-corrected chi connectivity index (χ2v) is 4.60. The topological polar surface area (TPSA) is 28.4 Å². The zero-order valence-electron chi connectivity index (χ0n) is 10.5. The lowest BCUT2D eigenvalue weighted by Gasteiger charge is -2.20. The Morgan fingerprint density at radius 1 is 1.35 bits per heavy atom. The van der Waals surface area contributed by atoms with E-state index in [2.05, 4.69) is 0 Å². The largest absolute Gasteiger partial charge is 0.507 e. The van der Waals surface area contributed by atoms with E-state index in [0.29, 0.717) is 10.9 Å². The molecule has 1 heterocycles. The summed E-state index contributed by atoms with van der Waals surface area (Å²) in [7, 11) is 5.76. The smallest absolute Gasteiger partial charge is 0.147 e. The van der Waals surface area contributed by atoms with Crippen LogP contribution in [-0.2, 0) is 7.05 Å². The SMILES string of the molecule is CC(c1cc2c(O)ccc(F)c2n1C)N(C)C. The van der Waals surface area contributed by atoms with Crippen molar-refractivity contribution >= 4 is 10.9 Å². The van der Waals surface area contributed by atoms with Gasteiger partial charge in [-0.2, -0.15) is 0 Å². The quantitative estimate of drug-likeness (QED) is 0.868. The van der Waals surface area contributed by atoms with E-state index in [1.807, 2.05) is 39.0 Å². The molecular weight excluding hydrogens is 219 g/mol. The van der Waals surface area contributed by atoms with Crippen molar-refractivity contribution in [2.45, 2.75) is 13.0 Å². The van der Waals surface area contributed by atoms with Crippen LogP contribution >= 0.6 is 0 Å². The van der Waals surface area contributed by atoms with Crippen LogP contribution in [0.25, 0.3) is 10.9 Å². The van der Waals surface area contributed by atoms with Crippen molar-refractivity contribution in [1.82, 2.24) is 9.47 Å². The maximum absolute atomic E-state index is 13.8. The Kier molecular flexibility index (Phi) is 2.83. The standard InChI is InChI=1S/C13H17FN2O/c1-8(15(2)3)11-7-9-12(17)6-5-10(14)13(9)16(11)4/h5-8,17H,1-4H3. The van der Waals surface area contributed by atoms with E-state index in [0.717, 1.165) is 5.69 Å². The van der Waals surface area contributed by atoms with Gasteiger partial charge in [-0.3, -0.25) is 0 Å². The normalized spacial score (nSPS) is 13.5. The number of hydrogen-bond donors (Lipinski definition) is 1. The number of aryl methyl sites for hydroxylation is 1. The summed E-state index contributed by atoms with van der Waals surface area (Å²) in [4.78, 5) is 2.04. The number of phenols is 1. The molecule has 3 nitrogen and oxygen atoms in total. The predicted octanol–water partition coefficient (Wildman–Crippen LogP) is 2.65. The van der Waals surface area contributed by atoms with Crippen LogP contribution in [0.3, 0.4) is 0 Å². The molecule has 0 amide bonds. The molecule has 0 radical (unpaired) electrons. The monoisotopic (exact) mass is 236 g/mol. The van der Waals surface area contributed by atoms with Gasteiger partial charge in [0.05, 0.1) is 5.52 Å². The minimum atomic E-state index is -0.308. The summed E-state index contributed by atoms with van der Waals surface area (Å²) in [6.07, 6.45) is 0. The summed E-state index contributed by atoms with van der Waals surface area (Å²) in [5.41, 5.74) is 1.43. The van der Waals surface area contributed by atoms with Crippen LogP contribution in [0.15, 0.2) is 18.2 Å². The van der Waals surface area contributed by atoms with E-state index in [9.17, 15) is 9.50 Å². The first kappa shape index (κ1) is 11.9. The minimum absolute atomic E-state index is 0.120. The zero-order chi connectivity index (χ0) is 12.7. The van der Waals surface area contributed by atoms with Gasteiger partial charge < -0.3 is 14.6 Å². The summed E-state index contributed by atoms with van der Waals surface area (Å²) >= 11 is 0. The van der Waals surface area contributed by atoms with Gasteiger partial charge in [-0.1, -0.05) is 0 Å². The number of benzene rings is 1. The van der Waals surface area contributed by atoms with Gasteiger partial charge in [0.25, 0.3) is 0 Å². The van der Waals surface area contributed by atoms with Gasteiger partial charge in [0.2, 0.25) is 0 Å². The average molecular weight is 236 g/mol. The summed E-state index contributed by atoms with van der Waals surface area (Å²) in [5.74, 6) is -0.188. The van der Waals surface area contributed by atoms with Crippen molar-refractivity contribution in [2.75, 3.05) is 14.1 Å². The summed E-state index contributed by atoms with van der Waals surface area (Å²) in [6.45, 7) is 2.04. The number of aromatic hydroxyl groups is 1. The van der Waals surface area contributed by atoms with Crippen LogP contribution in [-0.4, -0.2) is 28.7 Å². The third-order valence-electron chi connectivity index (χ3n) is 3.36. The molecule has 1 atom stereocenters. The summed E-state index contributed by atoms with van der Waals surface area (Å²) in [6, 6.07) is 4.69. The number of fused-ring (bicyclic) bond motifs is 1. The third kappa shape index (κ3) is 1.78. The van der Waals surface area contributed by atoms with Crippen molar-refractivity contribution in [2.24, 2.45) is 7.05 Å². The van der Waals surface area contributed by atoms with Gasteiger partial charge in [0.15, 0.2) is 0 Å². The average Bonchev–Trinajstić information content (AvgIpc) is 2.62. The molecule has 0 spiro atoms. The maximum Gasteiger partial charge on any atom is 0.147 e. The molecule has 0 saturated heterocycles. The van der Waals surface area contributed by atoms with Gasteiger partial charge in [-0.05, 0) is 39.2 Å². The first-order chi connectivity index (χ1) is 7.93. The Labute approximate surface area is 100 Å². The van der Waals surface area contributed by atoms with Gasteiger partial charge in [0, 0.05) is 24.2 Å². The number of halogens is 1. The van der Waals surface area contributed by atoms with E-state index in [-0.39, 0.29) is 17.6 Å². The van der Waals surface area contributed by atoms with Crippen LogP contribution < -0.4 is 0 Å². The second-order valence-electron chi connectivity index (χ2n) is 4.60. The van der Waals surface area contributed by atoms with Gasteiger partial charge in [0.1, 0.15) is 11.6 Å². The lowest BCUT2D eigenvalue weighted by atomic mass is 10.2. The lowest BCUT2D eigenvalue weighted by Crippen LogP contribution is -2.19. The lowest BCUT2D eigenvalue weighted by molar-refractivity contribution is 0.310. The number of phenolic OH excluding ortho intramolecular Hbond substituents is 1. The Morgan fingerprint density at radius 3 is 2.53 bits per heavy atom. The van der Waals surface area contributed by atoms with E-state index >= 15 is 0 Å². The molecule has 1 N–H and O–H groups in total. The van der Waals surface area contributed by atoms with Crippen molar-refractivity contribution in [3.63, 3.8) is 0 Å². The highest BCUT2D eigenvalue weighted by molar-refractivity contribution is 5.87. The van der Waals surface area contributed by atoms with Crippen molar-refractivity contribution in [3.05, 3.63) is 29.7 Å². The molecule has 2 rings (SSSR count). The Hall–Kier alpha value is -1.55. The van der Waals surface area contributed by atoms with Crippen molar-refractivity contribution in [1.29, 1.82) is 0 Å². The fraction of sp³-hybridized carbons (Fsp3) is 0.385. The van der Waals surface area contributed by atoms with E-state index in [4.69, 9.17) is 0 Å². The maximum atomic E-state index is 13.8. The number of aromatic nitrogens is 1. The molecule has 0 aliphatic heterocycles. The number of nitrogens with zero attached hydrogens (tertiary/aromatic N) is 2. The van der Waals surface area contributed by atoms with Crippen LogP contribution in [0.5, 0.6) is 5.75 Å². The highest BCUT2D eigenvalue weighted by Gasteiger charge is 2.18. The minimum Gasteiger partial charge on any atom is -0.507 e. The van der Waals surface area contributed by atoms with E-state index < -0.39 is 0 Å². The van der Waals surface area contributed by atoms with E-state index in [1.54, 1.807) is 4.57 Å². The Bertz CT molecular complexity index is 560. The van der Waals surface area contributed by atoms with Crippen molar-refractivity contribution < 1.29 is 9.50 Å². The third-order valence-corrected chi connectivity index (χ3v) is 3.36. The van der Waals surface area contributed by atoms with Crippen LogP contribution in [0.2, 0.25) is 0 Å². The first-order valence-electron chi connectivity index (χ1n) is 5.56. The molecule has 2 aromatic rings. The zero-order valence-corrected chi connectivity index (χ0v) is 10.5. The predicted molar refractivity (Wildman–Crippen MR) is 66.6 cm³/mol. The molecule has 1 unspecified atom stereocenters. The summed E-state index contributed by atoms with van der Waals surface area (Å²) < 4.78 is 15.6. The Morgan fingerprint density at radius 2 is 2.00 bits per heavy atom. The molecule has 92 valence electrons. The first-order valence-corrected chi connectivity index (χ1v) is 5.56. The van der Waals surface area contributed by atoms with Crippen LogP contribution in [0.1, 0.15) is 18.7 Å². The van der Waals surface area contributed by atoms with E-state index in [1.165, 1.54) is 12.1 Å². The molecule has 0 bridgehead atoms. The van der Waals surface area contributed by atoms with Crippen molar-refractivity contribution in [3.8, 4) is 5.75 Å². The molecular formula is C13H17FN2O. The molecule has 1 aromatic carbocycles. The molecule has 0 saturated carbocycles. The molecule has 4 heteroatoms. The molecule has 0 aliphatic carbocycles. The molecule has 0 aliphatic rings. The van der Waals surface area contributed by atoms with Gasteiger partial charge in [-0.15, -0.1) is 0 Å². The Balaban J connectivity index is 2.73. The summed E-state index contributed by atoms with van der Waals surface area (Å²) in [5, 5.41) is 10.3. The number of rotatable bonds is 2. The number of hydrogen-bond acceptors (Lipinski definition) is 2. The second kappa shape index (κ2) is 4.04. The molecule has 0 fully saturated rings. The highest BCUT2D eigenvalue weighted by Crippen LogP contribution is 2.32. The van der Waals surface area contributed by atoms with Crippen LogP contribution in [0.4, 0.5) is 4.39 Å². The van der Waals surface area contributed by atoms with Crippen LogP contribution in [0, 0.1) is 5.82 Å². The highest BCUT2D eigenvalue weighted by atomic mass is 19.1. The van der Waals surface area contributed by atoms with Gasteiger partial charge in [-0.25, -0.2) is 4.39 Å². The fourth-order valence-electron chi connectivity index (χ4n) is 2.09.